The molecule has 2 aliphatic heterocycles. The smallest absolute Gasteiger partial charge is 0.383 e. The Morgan fingerprint density at radius 1 is 1.44 bits per heavy atom. The van der Waals surface area contributed by atoms with E-state index >= 15 is 0 Å². The van der Waals surface area contributed by atoms with Crippen LogP contribution in [0.25, 0.3) is 0 Å². The highest BCUT2D eigenvalue weighted by Crippen LogP contribution is 2.46. The molecule has 0 saturated carbocycles. The summed E-state index contributed by atoms with van der Waals surface area (Å²) in [6.45, 7) is 1.52. The number of nitro groups is 1. The van der Waals surface area contributed by atoms with Gasteiger partial charge in [-0.05, 0) is 19.1 Å². The molecule has 0 bridgehead atoms. The van der Waals surface area contributed by atoms with Gasteiger partial charge in [0.1, 0.15) is 5.70 Å². The van der Waals surface area contributed by atoms with E-state index in [2.05, 4.69) is 15.9 Å². The molecular formula is C16H15BrN2O6. The van der Waals surface area contributed by atoms with Crippen LogP contribution in [-0.2, 0) is 14.3 Å². The predicted octanol–water partition coefficient (Wildman–Crippen LogP) is 1.72. The number of carbonyl (C=O) groups is 2. The summed E-state index contributed by atoms with van der Waals surface area (Å²) in [4.78, 5) is 36.5. The van der Waals surface area contributed by atoms with E-state index in [-0.39, 0.29) is 17.3 Å². The van der Waals surface area contributed by atoms with Gasteiger partial charge in [-0.25, -0.2) is 4.79 Å². The number of carbonyl (C=O) groups excluding carboxylic acids is 2. The Labute approximate surface area is 151 Å². The van der Waals surface area contributed by atoms with Crippen LogP contribution in [0, 0.1) is 16.0 Å². The number of ether oxygens (including phenoxy) is 1. The van der Waals surface area contributed by atoms with Crippen LogP contribution < -0.4 is 0 Å². The Morgan fingerprint density at radius 2 is 2.08 bits per heavy atom. The quantitative estimate of drug-likeness (QED) is 0.260. The Balaban J connectivity index is 1.80. The predicted molar refractivity (Wildman–Crippen MR) is 88.6 cm³/mol. The van der Waals surface area contributed by atoms with Crippen LogP contribution in [0.3, 0.4) is 0 Å². The molecule has 1 aromatic rings. The highest BCUT2D eigenvalue weighted by Gasteiger charge is 2.57. The van der Waals surface area contributed by atoms with Crippen molar-refractivity contribution in [3.63, 3.8) is 0 Å². The molecule has 3 rings (SSSR count). The van der Waals surface area contributed by atoms with Gasteiger partial charge < -0.3 is 14.7 Å². The van der Waals surface area contributed by atoms with Crippen molar-refractivity contribution in [2.45, 2.75) is 31.7 Å². The lowest BCUT2D eigenvalue weighted by atomic mass is 9.83. The number of amides is 1. The summed E-state index contributed by atoms with van der Waals surface area (Å²) >= 11 is 3.25. The minimum absolute atomic E-state index is 0.0327. The molecule has 8 nitrogen and oxygen atoms in total. The van der Waals surface area contributed by atoms with E-state index in [1.54, 1.807) is 18.2 Å². The van der Waals surface area contributed by atoms with Gasteiger partial charge in [0.05, 0.1) is 28.6 Å². The molecule has 4 atom stereocenters. The molecule has 0 radical (unpaired) electrons. The van der Waals surface area contributed by atoms with E-state index in [1.807, 2.05) is 0 Å². The van der Waals surface area contributed by atoms with E-state index in [4.69, 9.17) is 4.74 Å². The largest absolute Gasteiger partial charge is 0.393 e. The van der Waals surface area contributed by atoms with Gasteiger partial charge in [-0.2, -0.15) is 0 Å². The zero-order valence-electron chi connectivity index (χ0n) is 13.2. The van der Waals surface area contributed by atoms with Crippen LogP contribution in [-0.4, -0.2) is 39.0 Å². The second-order valence-corrected chi connectivity index (χ2v) is 6.91. The van der Waals surface area contributed by atoms with E-state index in [1.165, 1.54) is 24.0 Å². The van der Waals surface area contributed by atoms with Gasteiger partial charge in [-0.1, -0.05) is 34.1 Å². The zero-order valence-corrected chi connectivity index (χ0v) is 14.8. The maximum Gasteiger partial charge on any atom is 0.383 e. The normalized spacial score (nSPS) is 24.4. The number of nitrogens with zero attached hydrogens (tertiary/aromatic N) is 2. The van der Waals surface area contributed by atoms with Gasteiger partial charge in [-0.15, -0.1) is 0 Å². The molecule has 2 aliphatic rings. The van der Waals surface area contributed by atoms with E-state index in [0.717, 1.165) is 0 Å². The maximum absolute atomic E-state index is 12.5. The van der Waals surface area contributed by atoms with Crippen molar-refractivity contribution in [1.29, 1.82) is 0 Å². The third kappa shape index (κ3) is 2.93. The SMILES string of the molecule is CC(O)C1C(=O)N2C(C(=O)OC(c3ccccc3)[N+](=O)[O-])=C(Br)CC12. The van der Waals surface area contributed by atoms with Gasteiger partial charge in [0.15, 0.2) is 0 Å². The van der Waals surface area contributed by atoms with Crippen molar-refractivity contribution in [2.24, 2.45) is 5.92 Å². The van der Waals surface area contributed by atoms with Crippen molar-refractivity contribution in [2.75, 3.05) is 0 Å². The van der Waals surface area contributed by atoms with E-state index in [0.29, 0.717) is 10.9 Å². The molecule has 0 spiro atoms. The van der Waals surface area contributed by atoms with Crippen LogP contribution in [0.15, 0.2) is 40.5 Å². The number of hydrogen-bond donors (Lipinski definition) is 1. The number of aliphatic hydroxyl groups excluding tert-OH is 1. The van der Waals surface area contributed by atoms with Crippen molar-refractivity contribution < 1.29 is 24.4 Å². The third-order valence-electron chi connectivity index (χ3n) is 4.36. The number of β-lactam (4-membered cyclic amide) rings is 1. The summed E-state index contributed by atoms with van der Waals surface area (Å²) in [7, 11) is 0. The van der Waals surface area contributed by atoms with Crippen LogP contribution in [0.5, 0.6) is 0 Å². The molecule has 4 unspecified atom stereocenters. The molecule has 1 N–H and O–H groups in total. The molecule has 9 heteroatoms. The molecule has 0 aliphatic carbocycles. The fourth-order valence-corrected chi connectivity index (χ4v) is 3.90. The molecule has 1 amide bonds. The number of halogens is 1. The zero-order chi connectivity index (χ0) is 18.3. The standard InChI is InChI=1S/C16H15BrN2O6/c1-8(20)12-11-7-10(17)13(18(11)14(12)21)16(22)25-15(19(23)24)9-5-3-2-4-6-9/h2-6,8,11-12,15,20H,7H2,1H3. The second kappa shape index (κ2) is 6.57. The van der Waals surface area contributed by atoms with E-state index in [9.17, 15) is 24.8 Å². The highest BCUT2D eigenvalue weighted by molar-refractivity contribution is 9.11. The number of rotatable bonds is 5. The molecule has 0 aromatic heterocycles. The first-order valence-corrected chi connectivity index (χ1v) is 8.41. The number of benzene rings is 1. The van der Waals surface area contributed by atoms with Gasteiger partial charge in [0.2, 0.25) is 5.91 Å². The average molecular weight is 411 g/mol. The summed E-state index contributed by atoms with van der Waals surface area (Å²) in [5, 5.41) is 21.0. The minimum Gasteiger partial charge on any atom is -0.393 e. The number of esters is 1. The first-order chi connectivity index (χ1) is 11.8. The summed E-state index contributed by atoms with van der Waals surface area (Å²) in [5.74, 6) is -1.92. The summed E-state index contributed by atoms with van der Waals surface area (Å²) in [6, 6.07) is 7.53. The van der Waals surface area contributed by atoms with Crippen molar-refractivity contribution in [1.82, 2.24) is 4.90 Å². The first-order valence-electron chi connectivity index (χ1n) is 7.62. The number of hydrogen-bond acceptors (Lipinski definition) is 6. The van der Waals surface area contributed by atoms with Crippen LogP contribution in [0.1, 0.15) is 25.1 Å². The van der Waals surface area contributed by atoms with Gasteiger partial charge in [-0.3, -0.25) is 14.9 Å². The minimum atomic E-state index is -1.66. The third-order valence-corrected chi connectivity index (χ3v) is 5.06. The van der Waals surface area contributed by atoms with Crippen LogP contribution >= 0.6 is 15.9 Å². The Bertz CT molecular complexity index is 763. The molecular weight excluding hydrogens is 396 g/mol. The fraction of sp³-hybridized carbons (Fsp3) is 0.375. The van der Waals surface area contributed by atoms with E-state index < -0.39 is 35.0 Å². The molecule has 1 fully saturated rings. The topological polar surface area (TPSA) is 110 Å². The lowest BCUT2D eigenvalue weighted by Crippen LogP contribution is -2.61. The van der Waals surface area contributed by atoms with Crippen molar-refractivity contribution in [3.05, 3.63) is 56.2 Å². The Hall–Kier alpha value is -2.26. The number of fused-ring (bicyclic) bond motifs is 1. The monoisotopic (exact) mass is 410 g/mol. The molecule has 1 aromatic carbocycles. The average Bonchev–Trinajstić information content (AvgIpc) is 2.85. The van der Waals surface area contributed by atoms with Crippen LogP contribution in [0.4, 0.5) is 0 Å². The number of aliphatic hydroxyl groups is 1. The van der Waals surface area contributed by atoms with Gasteiger partial charge in [0.25, 0.3) is 0 Å². The summed E-state index contributed by atoms with van der Waals surface area (Å²) in [5.41, 5.74) is 0.193. The van der Waals surface area contributed by atoms with Crippen molar-refractivity contribution in [3.8, 4) is 0 Å². The van der Waals surface area contributed by atoms with Gasteiger partial charge >= 0.3 is 12.2 Å². The maximum atomic E-state index is 12.5. The molecule has 2 heterocycles. The molecule has 25 heavy (non-hydrogen) atoms. The lowest BCUT2D eigenvalue weighted by molar-refractivity contribution is -0.575. The highest BCUT2D eigenvalue weighted by atomic mass is 79.9. The van der Waals surface area contributed by atoms with Crippen molar-refractivity contribution >= 4 is 27.8 Å². The Morgan fingerprint density at radius 3 is 2.64 bits per heavy atom. The summed E-state index contributed by atoms with van der Waals surface area (Å²) < 4.78 is 5.51. The molecule has 1 saturated heterocycles. The molecule has 132 valence electrons. The lowest BCUT2D eigenvalue weighted by Gasteiger charge is -2.44. The van der Waals surface area contributed by atoms with Gasteiger partial charge in [0, 0.05) is 10.9 Å². The first kappa shape index (κ1) is 17.6. The Kier molecular flexibility index (Phi) is 4.61. The van der Waals surface area contributed by atoms with Crippen LogP contribution in [0.2, 0.25) is 0 Å². The summed E-state index contributed by atoms with van der Waals surface area (Å²) in [6.07, 6.45) is -2.13. The fourth-order valence-electron chi connectivity index (χ4n) is 3.22. The second-order valence-electron chi connectivity index (χ2n) is 5.95.